The topological polar surface area (TPSA) is 93.7 Å². The highest BCUT2D eigenvalue weighted by molar-refractivity contribution is 6.30. The third kappa shape index (κ3) is 7.01. The molecule has 0 aliphatic heterocycles. The smallest absolute Gasteiger partial charge is 0.347 e. The van der Waals surface area contributed by atoms with Crippen LogP contribution in [-0.2, 0) is 14.3 Å². The van der Waals surface area contributed by atoms with Gasteiger partial charge in [0.25, 0.3) is 5.91 Å². The van der Waals surface area contributed by atoms with Gasteiger partial charge in [-0.3, -0.25) is 10.1 Å². The quantitative estimate of drug-likeness (QED) is 0.750. The monoisotopic (exact) mass is 370 g/mol. The average molecular weight is 371 g/mol. The number of hydrogen-bond acceptors (Lipinski definition) is 5. The van der Waals surface area contributed by atoms with Crippen LogP contribution in [0.25, 0.3) is 0 Å². The van der Waals surface area contributed by atoms with Crippen molar-refractivity contribution in [2.75, 3.05) is 0 Å². The highest BCUT2D eigenvalue weighted by atomic mass is 35.5. The van der Waals surface area contributed by atoms with Crippen molar-refractivity contribution >= 4 is 29.5 Å². The Balaban J connectivity index is 2.56. The molecule has 0 radical (unpaired) electrons. The van der Waals surface area contributed by atoms with Crippen molar-refractivity contribution in [2.45, 2.75) is 52.9 Å². The highest BCUT2D eigenvalue weighted by Gasteiger charge is 2.24. The average Bonchev–Trinajstić information content (AvgIpc) is 2.48. The molecule has 0 bridgehead atoms. The third-order valence-corrected chi connectivity index (χ3v) is 3.33. The number of carbonyl (C=O) groups is 3. The number of imide groups is 1. The predicted octanol–water partition coefficient (Wildman–Crippen LogP) is 2.58. The molecule has 0 fully saturated rings. The van der Waals surface area contributed by atoms with Crippen molar-refractivity contribution in [1.82, 2.24) is 10.6 Å². The number of amides is 3. The molecule has 0 aliphatic rings. The molecule has 2 atom stereocenters. The second-order valence-corrected chi connectivity index (χ2v) is 6.30. The zero-order valence-electron chi connectivity index (χ0n) is 14.9. The summed E-state index contributed by atoms with van der Waals surface area (Å²) >= 11 is 5.87. The van der Waals surface area contributed by atoms with Crippen molar-refractivity contribution in [3.63, 3.8) is 0 Å². The second-order valence-electron chi connectivity index (χ2n) is 5.87. The van der Waals surface area contributed by atoms with E-state index >= 15 is 0 Å². The minimum atomic E-state index is -1.14. The maximum Gasteiger partial charge on any atom is 0.347 e. The molecule has 1 aromatic carbocycles. The molecule has 1 aromatic rings. The Kier molecular flexibility index (Phi) is 7.70. The number of aryl methyl sites for hydroxylation is 1. The van der Waals surface area contributed by atoms with E-state index in [9.17, 15) is 14.4 Å². The highest BCUT2D eigenvalue weighted by Crippen LogP contribution is 2.23. The van der Waals surface area contributed by atoms with Crippen LogP contribution in [0.15, 0.2) is 18.2 Å². The lowest BCUT2D eigenvalue weighted by Crippen LogP contribution is -2.47. The summed E-state index contributed by atoms with van der Waals surface area (Å²) in [6.07, 6.45) is -2.07. The molecule has 0 saturated carbocycles. The van der Waals surface area contributed by atoms with Gasteiger partial charge >= 0.3 is 12.0 Å². The molecular weight excluding hydrogens is 348 g/mol. The van der Waals surface area contributed by atoms with Crippen LogP contribution < -0.4 is 15.4 Å². The number of carbonyl (C=O) groups excluding carboxylic acids is 3. The SMILES string of the molecule is Cc1cc(Cl)ccc1OC(C)C(=O)OC(C)C(=O)NC(=O)NC(C)C. The Morgan fingerprint density at radius 3 is 2.28 bits per heavy atom. The molecule has 8 heteroatoms. The van der Waals surface area contributed by atoms with Gasteiger partial charge in [0.2, 0.25) is 0 Å². The van der Waals surface area contributed by atoms with Crippen LogP contribution in [0.3, 0.4) is 0 Å². The summed E-state index contributed by atoms with van der Waals surface area (Å²) in [4.78, 5) is 35.4. The number of nitrogens with one attached hydrogen (secondary N) is 2. The lowest BCUT2D eigenvalue weighted by molar-refractivity contribution is -0.160. The molecule has 0 spiro atoms. The minimum Gasteiger partial charge on any atom is -0.479 e. The number of hydrogen-bond donors (Lipinski definition) is 2. The Labute approximate surface area is 152 Å². The fraction of sp³-hybridized carbons (Fsp3) is 0.471. The summed E-state index contributed by atoms with van der Waals surface area (Å²) in [5.41, 5.74) is 0.767. The molecule has 1 rings (SSSR count). The summed E-state index contributed by atoms with van der Waals surface area (Å²) in [6.45, 7) is 8.18. The first-order chi connectivity index (χ1) is 11.6. The molecule has 138 valence electrons. The lowest BCUT2D eigenvalue weighted by atomic mass is 10.2. The Hall–Kier alpha value is -2.28. The molecule has 7 nitrogen and oxygen atoms in total. The van der Waals surface area contributed by atoms with E-state index < -0.39 is 30.1 Å². The number of rotatable bonds is 6. The van der Waals surface area contributed by atoms with Crippen molar-refractivity contribution in [3.05, 3.63) is 28.8 Å². The van der Waals surface area contributed by atoms with Gasteiger partial charge in [-0.2, -0.15) is 0 Å². The normalized spacial score (nSPS) is 12.9. The molecule has 0 heterocycles. The van der Waals surface area contributed by atoms with Gasteiger partial charge in [-0.15, -0.1) is 0 Å². The summed E-state index contributed by atoms with van der Waals surface area (Å²) in [5, 5.41) is 5.16. The summed E-state index contributed by atoms with van der Waals surface area (Å²) in [6, 6.07) is 4.23. The first-order valence-electron chi connectivity index (χ1n) is 7.84. The molecule has 3 amide bonds. The first-order valence-corrected chi connectivity index (χ1v) is 8.22. The van der Waals surface area contributed by atoms with Gasteiger partial charge in [0.1, 0.15) is 5.75 Å². The Morgan fingerprint density at radius 2 is 1.72 bits per heavy atom. The van der Waals surface area contributed by atoms with Crippen LogP contribution >= 0.6 is 11.6 Å². The van der Waals surface area contributed by atoms with Crippen molar-refractivity contribution in [2.24, 2.45) is 0 Å². The third-order valence-electron chi connectivity index (χ3n) is 3.09. The fourth-order valence-electron chi connectivity index (χ4n) is 1.82. The lowest BCUT2D eigenvalue weighted by Gasteiger charge is -2.18. The van der Waals surface area contributed by atoms with Crippen LogP contribution in [0.1, 0.15) is 33.3 Å². The molecule has 0 aromatic heterocycles. The number of ether oxygens (including phenoxy) is 2. The fourth-order valence-corrected chi connectivity index (χ4v) is 2.05. The van der Waals surface area contributed by atoms with E-state index in [0.29, 0.717) is 10.8 Å². The van der Waals surface area contributed by atoms with Gasteiger partial charge in [-0.1, -0.05) is 11.6 Å². The maximum absolute atomic E-state index is 12.1. The predicted molar refractivity (Wildman–Crippen MR) is 93.6 cm³/mol. The van der Waals surface area contributed by atoms with Gasteiger partial charge in [-0.25, -0.2) is 9.59 Å². The van der Waals surface area contributed by atoms with Gasteiger partial charge in [0.15, 0.2) is 12.2 Å². The van der Waals surface area contributed by atoms with Gasteiger partial charge in [0, 0.05) is 11.1 Å². The van der Waals surface area contributed by atoms with E-state index in [1.165, 1.54) is 13.8 Å². The Bertz CT molecular complexity index is 648. The largest absolute Gasteiger partial charge is 0.479 e. The number of halogens is 1. The van der Waals surface area contributed by atoms with Crippen LogP contribution in [0.2, 0.25) is 5.02 Å². The van der Waals surface area contributed by atoms with Crippen molar-refractivity contribution < 1.29 is 23.9 Å². The van der Waals surface area contributed by atoms with E-state index in [2.05, 4.69) is 10.6 Å². The van der Waals surface area contributed by atoms with E-state index in [1.807, 2.05) is 0 Å². The van der Waals surface area contributed by atoms with Gasteiger partial charge < -0.3 is 14.8 Å². The minimum absolute atomic E-state index is 0.123. The molecule has 2 unspecified atom stereocenters. The van der Waals surface area contributed by atoms with Crippen LogP contribution in [0.5, 0.6) is 5.75 Å². The van der Waals surface area contributed by atoms with E-state index in [0.717, 1.165) is 5.56 Å². The van der Waals surface area contributed by atoms with Crippen molar-refractivity contribution in [3.8, 4) is 5.75 Å². The molecule has 25 heavy (non-hydrogen) atoms. The first kappa shape index (κ1) is 20.8. The zero-order valence-corrected chi connectivity index (χ0v) is 15.6. The summed E-state index contributed by atoms with van der Waals surface area (Å²) in [7, 11) is 0. The number of urea groups is 1. The van der Waals surface area contributed by atoms with Gasteiger partial charge in [0.05, 0.1) is 0 Å². The Morgan fingerprint density at radius 1 is 1.08 bits per heavy atom. The molecule has 0 saturated heterocycles. The van der Waals surface area contributed by atoms with Crippen LogP contribution in [0, 0.1) is 6.92 Å². The van der Waals surface area contributed by atoms with Crippen LogP contribution in [-0.4, -0.2) is 36.2 Å². The zero-order chi connectivity index (χ0) is 19.1. The van der Waals surface area contributed by atoms with Gasteiger partial charge in [-0.05, 0) is 58.4 Å². The van der Waals surface area contributed by atoms with Crippen molar-refractivity contribution in [1.29, 1.82) is 0 Å². The molecular formula is C17H23ClN2O5. The van der Waals surface area contributed by atoms with Crippen LogP contribution in [0.4, 0.5) is 4.79 Å². The maximum atomic E-state index is 12.1. The van der Waals surface area contributed by atoms with E-state index in [4.69, 9.17) is 21.1 Å². The number of esters is 1. The standard InChI is InChI=1S/C17H23ClN2O5/c1-9(2)19-17(23)20-15(21)11(4)25-16(22)12(5)24-14-7-6-13(18)8-10(14)3/h6-9,11-12H,1-5H3,(H2,19,20,21,23). The summed E-state index contributed by atoms with van der Waals surface area (Å²) < 4.78 is 10.6. The van der Waals surface area contributed by atoms with E-state index in [1.54, 1.807) is 39.0 Å². The summed E-state index contributed by atoms with van der Waals surface area (Å²) in [5.74, 6) is -0.954. The van der Waals surface area contributed by atoms with E-state index in [-0.39, 0.29) is 6.04 Å². The second kappa shape index (κ2) is 9.27. The molecule has 0 aliphatic carbocycles. The number of benzene rings is 1. The molecule has 2 N–H and O–H groups in total.